The van der Waals surface area contributed by atoms with Gasteiger partial charge in [-0.05, 0) is 48.0 Å². The minimum atomic E-state index is -0.116. The Bertz CT molecular complexity index is 1200. The lowest BCUT2D eigenvalue weighted by molar-refractivity contribution is -0.122. The molecule has 1 aliphatic rings. The maximum absolute atomic E-state index is 13.4. The van der Waals surface area contributed by atoms with Crippen molar-refractivity contribution in [1.29, 1.82) is 0 Å². The van der Waals surface area contributed by atoms with Crippen molar-refractivity contribution in [3.63, 3.8) is 0 Å². The molecule has 1 amide bonds. The van der Waals surface area contributed by atoms with E-state index in [1.54, 1.807) is 23.1 Å². The average molecular weight is 497 g/mol. The van der Waals surface area contributed by atoms with Crippen LogP contribution in [0.3, 0.4) is 0 Å². The number of thioether (sulfide) groups is 1. The molecule has 0 unspecified atom stereocenters. The topological polar surface area (TPSA) is 41.9 Å². The largest absolute Gasteiger partial charge is 0.492 e. The smallest absolute Gasteiger partial charge is 0.267 e. The Labute approximate surface area is 207 Å². The van der Waals surface area contributed by atoms with Crippen molar-refractivity contribution in [2.24, 2.45) is 4.99 Å². The molecular weight excluding hydrogens is 475 g/mol. The number of amidine groups is 1. The Kier molecular flexibility index (Phi) is 7.76. The first-order chi connectivity index (χ1) is 16.0. The number of benzene rings is 3. The molecular formula is C26H22Cl2N2O2S. The summed E-state index contributed by atoms with van der Waals surface area (Å²) in [6.45, 7) is 3.25. The van der Waals surface area contributed by atoms with E-state index in [0.29, 0.717) is 51.1 Å². The van der Waals surface area contributed by atoms with Crippen molar-refractivity contribution in [1.82, 2.24) is 4.90 Å². The van der Waals surface area contributed by atoms with Crippen molar-refractivity contribution in [2.45, 2.75) is 20.0 Å². The molecule has 0 aromatic heterocycles. The van der Waals surface area contributed by atoms with Crippen LogP contribution < -0.4 is 4.74 Å². The van der Waals surface area contributed by atoms with E-state index in [2.05, 4.69) is 0 Å². The zero-order valence-electron chi connectivity index (χ0n) is 18.0. The molecule has 0 bridgehead atoms. The standard InChI is InChI=1S/C26H22Cl2N2O2S/c1-2-32-24-20(13-21(27)15-22(24)28)14-23-25(31)30(17-19-11-7-4-8-12-19)26(33-23)29-16-18-9-5-3-6-10-18/h3-15H,2,16-17H2,1H3/b23-14+,29-26?. The van der Waals surface area contributed by atoms with Crippen LogP contribution in [0.5, 0.6) is 5.75 Å². The minimum absolute atomic E-state index is 0.116. The number of nitrogens with zero attached hydrogens (tertiary/aromatic N) is 2. The van der Waals surface area contributed by atoms with E-state index in [1.165, 1.54) is 11.8 Å². The van der Waals surface area contributed by atoms with Crippen molar-refractivity contribution < 1.29 is 9.53 Å². The van der Waals surface area contributed by atoms with E-state index < -0.39 is 0 Å². The van der Waals surface area contributed by atoms with Crippen molar-refractivity contribution in [2.75, 3.05) is 6.61 Å². The van der Waals surface area contributed by atoms with E-state index >= 15 is 0 Å². The van der Waals surface area contributed by atoms with Crippen LogP contribution in [0.15, 0.2) is 82.7 Å². The molecule has 33 heavy (non-hydrogen) atoms. The zero-order valence-corrected chi connectivity index (χ0v) is 20.3. The van der Waals surface area contributed by atoms with Crippen LogP contribution in [0.2, 0.25) is 10.0 Å². The third kappa shape index (κ3) is 5.80. The second-order valence-corrected chi connectivity index (χ2v) is 9.16. The molecule has 0 atom stereocenters. The Morgan fingerprint density at radius 3 is 2.33 bits per heavy atom. The van der Waals surface area contributed by atoms with Crippen LogP contribution in [-0.4, -0.2) is 22.6 Å². The molecule has 4 nitrogen and oxygen atoms in total. The Morgan fingerprint density at radius 2 is 1.67 bits per heavy atom. The van der Waals surface area contributed by atoms with Gasteiger partial charge >= 0.3 is 0 Å². The molecule has 0 aliphatic carbocycles. The number of halogens is 2. The SMILES string of the molecule is CCOc1c(Cl)cc(Cl)cc1/C=C1/SC(=NCc2ccccc2)N(Cc2ccccc2)C1=O. The first kappa shape index (κ1) is 23.4. The minimum Gasteiger partial charge on any atom is -0.492 e. The highest BCUT2D eigenvalue weighted by atomic mass is 35.5. The third-order valence-electron chi connectivity index (χ3n) is 4.92. The molecule has 168 valence electrons. The fourth-order valence-corrected chi connectivity index (χ4v) is 4.93. The van der Waals surface area contributed by atoms with Crippen LogP contribution in [0.1, 0.15) is 23.6 Å². The number of hydrogen-bond acceptors (Lipinski definition) is 4. The van der Waals surface area contributed by atoms with Gasteiger partial charge in [0.2, 0.25) is 0 Å². The zero-order chi connectivity index (χ0) is 23.2. The van der Waals surface area contributed by atoms with E-state index in [-0.39, 0.29) is 5.91 Å². The molecule has 1 heterocycles. The van der Waals surface area contributed by atoms with Crippen LogP contribution in [-0.2, 0) is 17.9 Å². The van der Waals surface area contributed by atoms with Gasteiger partial charge in [-0.3, -0.25) is 14.7 Å². The lowest BCUT2D eigenvalue weighted by atomic mass is 10.1. The monoisotopic (exact) mass is 496 g/mol. The molecule has 1 aliphatic heterocycles. The Morgan fingerprint density at radius 1 is 1.00 bits per heavy atom. The van der Waals surface area contributed by atoms with Crippen LogP contribution >= 0.6 is 35.0 Å². The lowest BCUT2D eigenvalue weighted by Crippen LogP contribution is -2.28. The molecule has 3 aromatic rings. The molecule has 1 saturated heterocycles. The fourth-order valence-electron chi connectivity index (χ4n) is 3.40. The van der Waals surface area contributed by atoms with Crippen LogP contribution in [0, 0.1) is 0 Å². The van der Waals surface area contributed by atoms with Gasteiger partial charge in [-0.1, -0.05) is 83.9 Å². The number of hydrogen-bond donors (Lipinski definition) is 0. The van der Waals surface area contributed by atoms with Gasteiger partial charge in [-0.25, -0.2) is 0 Å². The van der Waals surface area contributed by atoms with Gasteiger partial charge in [0.25, 0.3) is 5.91 Å². The normalized spacial score (nSPS) is 16.1. The van der Waals surface area contributed by atoms with Gasteiger partial charge in [-0.2, -0.15) is 0 Å². The Balaban J connectivity index is 1.69. The second-order valence-electron chi connectivity index (χ2n) is 7.31. The molecule has 3 aromatic carbocycles. The first-order valence-electron chi connectivity index (χ1n) is 10.5. The molecule has 0 spiro atoms. The molecule has 7 heteroatoms. The van der Waals surface area contributed by atoms with Gasteiger partial charge in [0.05, 0.1) is 29.6 Å². The van der Waals surface area contributed by atoms with Crippen molar-refractivity contribution in [3.05, 3.63) is 104 Å². The molecule has 0 radical (unpaired) electrons. The first-order valence-corrected chi connectivity index (χ1v) is 12.1. The maximum atomic E-state index is 13.4. The van der Waals surface area contributed by atoms with Gasteiger partial charge in [0.1, 0.15) is 5.75 Å². The van der Waals surface area contributed by atoms with Gasteiger partial charge < -0.3 is 4.74 Å². The number of carbonyl (C=O) groups excluding carboxylic acids is 1. The van der Waals surface area contributed by atoms with Crippen molar-refractivity contribution in [3.8, 4) is 5.75 Å². The number of amides is 1. The number of rotatable bonds is 7. The van der Waals surface area contributed by atoms with E-state index in [9.17, 15) is 4.79 Å². The maximum Gasteiger partial charge on any atom is 0.267 e. The van der Waals surface area contributed by atoms with Gasteiger partial charge in [0, 0.05) is 10.6 Å². The van der Waals surface area contributed by atoms with Gasteiger partial charge in [0.15, 0.2) is 5.17 Å². The summed E-state index contributed by atoms with van der Waals surface area (Å²) in [5.74, 6) is 0.392. The van der Waals surface area contributed by atoms with E-state index in [1.807, 2.05) is 67.6 Å². The van der Waals surface area contributed by atoms with Gasteiger partial charge in [-0.15, -0.1) is 0 Å². The number of carbonyl (C=O) groups is 1. The number of aliphatic imine (C=N–C) groups is 1. The average Bonchev–Trinajstić information content (AvgIpc) is 3.10. The summed E-state index contributed by atoms with van der Waals surface area (Å²) in [5.41, 5.74) is 2.77. The highest BCUT2D eigenvalue weighted by molar-refractivity contribution is 8.18. The van der Waals surface area contributed by atoms with Crippen LogP contribution in [0.25, 0.3) is 6.08 Å². The van der Waals surface area contributed by atoms with E-state index in [0.717, 1.165) is 11.1 Å². The lowest BCUT2D eigenvalue weighted by Gasteiger charge is -2.15. The summed E-state index contributed by atoms with van der Waals surface area (Å²) in [6, 6.07) is 23.2. The number of ether oxygens (including phenoxy) is 1. The quantitative estimate of drug-likeness (QED) is 0.328. The summed E-state index contributed by atoms with van der Waals surface area (Å²) in [7, 11) is 0. The van der Waals surface area contributed by atoms with E-state index in [4.69, 9.17) is 32.9 Å². The highest BCUT2D eigenvalue weighted by Gasteiger charge is 2.33. The summed E-state index contributed by atoms with van der Waals surface area (Å²) in [5, 5.41) is 1.54. The fraction of sp³-hybridized carbons (Fsp3) is 0.154. The molecule has 0 saturated carbocycles. The molecule has 1 fully saturated rings. The summed E-state index contributed by atoms with van der Waals surface area (Å²) in [4.78, 5) is 20.4. The second kappa shape index (κ2) is 10.9. The third-order valence-corrected chi connectivity index (χ3v) is 6.47. The van der Waals surface area contributed by atoms with Crippen LogP contribution in [0.4, 0.5) is 0 Å². The van der Waals surface area contributed by atoms with Crippen molar-refractivity contribution >= 4 is 52.1 Å². The molecule has 0 N–H and O–H groups in total. The molecule has 4 rings (SSSR count). The summed E-state index contributed by atoms with van der Waals surface area (Å²) >= 11 is 13.9. The Hall–Kier alpha value is -2.73. The summed E-state index contributed by atoms with van der Waals surface area (Å²) in [6.07, 6.45) is 1.78. The predicted molar refractivity (Wildman–Crippen MR) is 138 cm³/mol. The summed E-state index contributed by atoms with van der Waals surface area (Å²) < 4.78 is 5.72. The highest BCUT2D eigenvalue weighted by Crippen LogP contribution is 2.38. The predicted octanol–water partition coefficient (Wildman–Crippen LogP) is 7.06.